The molecule has 0 fully saturated rings. The minimum absolute atomic E-state index is 0.148. The third-order valence-electron chi connectivity index (χ3n) is 4.10. The number of H-pyrrole nitrogens is 1. The molecule has 9 heteroatoms. The van der Waals surface area contributed by atoms with Gasteiger partial charge in [0.2, 0.25) is 11.1 Å². The summed E-state index contributed by atoms with van der Waals surface area (Å²) in [6.45, 7) is 2.07. The molecule has 0 spiro atoms. The van der Waals surface area contributed by atoms with E-state index in [2.05, 4.69) is 27.5 Å². The van der Waals surface area contributed by atoms with Crippen LogP contribution < -0.4 is 10.9 Å². The first-order chi connectivity index (χ1) is 13.6. The van der Waals surface area contributed by atoms with Gasteiger partial charge in [0.25, 0.3) is 5.56 Å². The standard InChI is InChI=1S/C19H17N5O2S2/c1-2-12-5-3-6-13(9-12)20-17(25)11-28-19-22-21-18(26)15-10-14(23-24(15)19)16-7-4-8-27-16/h3-10H,2,11H2,1H3,(H,20,25)(H,21,26). The number of thiophene rings is 1. The van der Waals surface area contributed by atoms with Crippen molar-refractivity contribution in [2.24, 2.45) is 0 Å². The van der Waals surface area contributed by atoms with E-state index in [4.69, 9.17) is 0 Å². The maximum absolute atomic E-state index is 12.3. The summed E-state index contributed by atoms with van der Waals surface area (Å²) in [5.74, 6) is 0.00337. The molecule has 0 saturated heterocycles. The summed E-state index contributed by atoms with van der Waals surface area (Å²) in [4.78, 5) is 25.4. The Labute approximate surface area is 168 Å². The van der Waals surface area contributed by atoms with Gasteiger partial charge in [-0.15, -0.1) is 16.4 Å². The third kappa shape index (κ3) is 3.85. The van der Waals surface area contributed by atoms with Crippen molar-refractivity contribution in [1.82, 2.24) is 19.8 Å². The molecule has 3 aromatic heterocycles. The van der Waals surface area contributed by atoms with E-state index in [9.17, 15) is 9.59 Å². The zero-order valence-corrected chi connectivity index (χ0v) is 16.6. The molecule has 7 nitrogen and oxygen atoms in total. The average Bonchev–Trinajstić information content (AvgIpc) is 3.38. The van der Waals surface area contributed by atoms with Crippen molar-refractivity contribution in [3.05, 3.63) is 63.8 Å². The molecular weight excluding hydrogens is 394 g/mol. The minimum Gasteiger partial charge on any atom is -0.325 e. The van der Waals surface area contributed by atoms with Gasteiger partial charge in [-0.2, -0.15) is 5.10 Å². The second-order valence-corrected chi connectivity index (χ2v) is 7.92. The largest absolute Gasteiger partial charge is 0.325 e. The monoisotopic (exact) mass is 411 g/mol. The summed E-state index contributed by atoms with van der Waals surface area (Å²) in [5, 5.41) is 16.3. The van der Waals surface area contributed by atoms with Crippen molar-refractivity contribution < 1.29 is 4.79 Å². The SMILES string of the molecule is CCc1cccc(NC(=O)CSc2n[nH]c(=O)c3cc(-c4cccs4)nn23)c1. The number of carbonyl (C=O) groups is 1. The van der Waals surface area contributed by atoms with Gasteiger partial charge in [-0.05, 0) is 41.6 Å². The summed E-state index contributed by atoms with van der Waals surface area (Å²) in [5.41, 5.74) is 2.71. The van der Waals surface area contributed by atoms with Gasteiger partial charge in [-0.25, -0.2) is 9.61 Å². The number of thioether (sulfide) groups is 1. The van der Waals surface area contributed by atoms with Crippen LogP contribution in [0.15, 0.2) is 57.8 Å². The highest BCUT2D eigenvalue weighted by atomic mass is 32.2. The first-order valence-corrected chi connectivity index (χ1v) is 10.5. The van der Waals surface area contributed by atoms with Gasteiger partial charge in [0.15, 0.2) is 0 Å². The number of fused-ring (bicyclic) bond motifs is 1. The second kappa shape index (κ2) is 7.99. The molecule has 4 rings (SSSR count). The highest BCUT2D eigenvalue weighted by Crippen LogP contribution is 2.25. The van der Waals surface area contributed by atoms with Crippen LogP contribution in [0.4, 0.5) is 5.69 Å². The van der Waals surface area contributed by atoms with Crippen LogP contribution in [-0.2, 0) is 11.2 Å². The maximum Gasteiger partial charge on any atom is 0.290 e. The Kier molecular flexibility index (Phi) is 5.27. The lowest BCUT2D eigenvalue weighted by Crippen LogP contribution is -2.17. The lowest BCUT2D eigenvalue weighted by molar-refractivity contribution is -0.113. The summed E-state index contributed by atoms with van der Waals surface area (Å²) < 4.78 is 1.49. The molecule has 0 aliphatic rings. The van der Waals surface area contributed by atoms with Gasteiger partial charge in [-0.3, -0.25) is 9.59 Å². The third-order valence-corrected chi connectivity index (χ3v) is 5.92. The molecular formula is C19H17N5O2S2. The van der Waals surface area contributed by atoms with E-state index in [1.807, 2.05) is 41.8 Å². The zero-order valence-electron chi connectivity index (χ0n) is 15.0. The molecule has 1 aromatic carbocycles. The van der Waals surface area contributed by atoms with E-state index in [1.54, 1.807) is 17.4 Å². The highest BCUT2D eigenvalue weighted by Gasteiger charge is 2.14. The second-order valence-electron chi connectivity index (χ2n) is 6.03. The van der Waals surface area contributed by atoms with Crippen molar-refractivity contribution in [2.45, 2.75) is 18.5 Å². The number of aromatic nitrogens is 4. The van der Waals surface area contributed by atoms with E-state index >= 15 is 0 Å². The molecule has 142 valence electrons. The molecule has 4 aromatic rings. The molecule has 1 amide bonds. The first-order valence-electron chi connectivity index (χ1n) is 8.68. The predicted octanol–water partition coefficient (Wildman–Crippen LogP) is 3.44. The Hall–Kier alpha value is -2.91. The van der Waals surface area contributed by atoms with E-state index in [0.29, 0.717) is 16.4 Å². The topological polar surface area (TPSA) is 92.1 Å². The molecule has 3 heterocycles. The van der Waals surface area contributed by atoms with Crippen LogP contribution >= 0.6 is 23.1 Å². The number of nitrogens with zero attached hydrogens (tertiary/aromatic N) is 3. The number of carbonyl (C=O) groups excluding carboxylic acids is 1. The Balaban J connectivity index is 1.52. The molecule has 0 aliphatic carbocycles. The summed E-state index contributed by atoms with van der Waals surface area (Å²) >= 11 is 2.76. The molecule has 0 atom stereocenters. The van der Waals surface area contributed by atoms with Gasteiger partial charge in [-0.1, -0.05) is 36.9 Å². The van der Waals surface area contributed by atoms with Crippen LogP contribution in [0.2, 0.25) is 0 Å². The fourth-order valence-electron chi connectivity index (χ4n) is 2.73. The smallest absolute Gasteiger partial charge is 0.290 e. The number of benzene rings is 1. The molecule has 2 N–H and O–H groups in total. The van der Waals surface area contributed by atoms with Crippen LogP contribution in [0.25, 0.3) is 16.1 Å². The first kappa shape index (κ1) is 18.5. The van der Waals surface area contributed by atoms with Crippen LogP contribution in [0.3, 0.4) is 0 Å². The quantitative estimate of drug-likeness (QED) is 0.474. The Bertz CT molecular complexity index is 1180. The van der Waals surface area contributed by atoms with Gasteiger partial charge in [0.1, 0.15) is 11.2 Å². The molecule has 0 saturated carbocycles. The molecule has 28 heavy (non-hydrogen) atoms. The predicted molar refractivity (Wildman–Crippen MR) is 112 cm³/mol. The van der Waals surface area contributed by atoms with Crippen molar-refractivity contribution in [3.8, 4) is 10.6 Å². The summed E-state index contributed by atoms with van der Waals surface area (Å²) in [6, 6.07) is 13.4. The van der Waals surface area contributed by atoms with Crippen LogP contribution in [0.5, 0.6) is 0 Å². The van der Waals surface area contributed by atoms with E-state index < -0.39 is 0 Å². The zero-order chi connectivity index (χ0) is 19.5. The lowest BCUT2D eigenvalue weighted by Gasteiger charge is -2.07. The number of rotatable bonds is 6. The van der Waals surface area contributed by atoms with Crippen molar-refractivity contribution in [3.63, 3.8) is 0 Å². The number of anilines is 1. The molecule has 0 unspecified atom stereocenters. The van der Waals surface area contributed by atoms with Crippen LogP contribution in [-0.4, -0.2) is 31.5 Å². The van der Waals surface area contributed by atoms with E-state index in [1.165, 1.54) is 16.3 Å². The van der Waals surface area contributed by atoms with Gasteiger partial charge >= 0.3 is 0 Å². The fraction of sp³-hybridized carbons (Fsp3) is 0.158. The molecule has 0 bridgehead atoms. The van der Waals surface area contributed by atoms with E-state index in [0.717, 1.165) is 22.5 Å². The van der Waals surface area contributed by atoms with Crippen LogP contribution in [0, 0.1) is 0 Å². The molecule has 0 aliphatic heterocycles. The Morgan fingerprint density at radius 2 is 2.18 bits per heavy atom. The number of amides is 1. The summed E-state index contributed by atoms with van der Waals surface area (Å²) in [7, 11) is 0. The Morgan fingerprint density at radius 1 is 1.29 bits per heavy atom. The lowest BCUT2D eigenvalue weighted by atomic mass is 10.1. The van der Waals surface area contributed by atoms with Crippen LogP contribution in [0.1, 0.15) is 12.5 Å². The number of aryl methyl sites for hydroxylation is 1. The fourth-order valence-corrected chi connectivity index (χ4v) is 4.11. The number of hydrogen-bond acceptors (Lipinski definition) is 6. The van der Waals surface area contributed by atoms with Gasteiger partial charge in [0.05, 0.1) is 10.6 Å². The maximum atomic E-state index is 12.3. The highest BCUT2D eigenvalue weighted by molar-refractivity contribution is 7.99. The minimum atomic E-state index is -0.319. The van der Waals surface area contributed by atoms with Crippen molar-refractivity contribution in [1.29, 1.82) is 0 Å². The van der Waals surface area contributed by atoms with Gasteiger partial charge in [0, 0.05) is 5.69 Å². The molecule has 0 radical (unpaired) electrons. The average molecular weight is 412 g/mol. The van der Waals surface area contributed by atoms with Gasteiger partial charge < -0.3 is 5.32 Å². The normalized spacial score (nSPS) is 11.0. The number of aromatic amines is 1. The van der Waals surface area contributed by atoms with Crippen molar-refractivity contribution in [2.75, 3.05) is 11.1 Å². The number of nitrogens with one attached hydrogen (secondary N) is 2. The Morgan fingerprint density at radius 3 is 2.96 bits per heavy atom. The van der Waals surface area contributed by atoms with E-state index in [-0.39, 0.29) is 17.2 Å². The summed E-state index contributed by atoms with van der Waals surface area (Å²) in [6.07, 6.45) is 0.906. The number of hydrogen-bond donors (Lipinski definition) is 2. The van der Waals surface area contributed by atoms with Crippen molar-refractivity contribution >= 4 is 40.2 Å².